The Morgan fingerprint density at radius 2 is 1.00 bits per heavy atom. The summed E-state index contributed by atoms with van der Waals surface area (Å²) in [5, 5.41) is 0. The summed E-state index contributed by atoms with van der Waals surface area (Å²) in [6.45, 7) is 6.00. The van der Waals surface area contributed by atoms with Crippen molar-refractivity contribution in [2.24, 2.45) is 0 Å². The van der Waals surface area contributed by atoms with Gasteiger partial charge in [0, 0.05) is 18.6 Å². The van der Waals surface area contributed by atoms with E-state index >= 15 is 0 Å². The monoisotopic (exact) mass is 211 g/mol. The van der Waals surface area contributed by atoms with Gasteiger partial charge >= 0.3 is 10.4 Å². The Labute approximate surface area is 72.3 Å². The van der Waals surface area contributed by atoms with Crippen molar-refractivity contribution in [2.45, 2.75) is 0 Å². The minimum atomic E-state index is -4.67. The predicted octanol–water partition coefficient (Wildman–Crippen LogP) is 0.471. The minimum Gasteiger partial charge on any atom is -0.344 e. The molecule has 0 aliphatic heterocycles. The first-order valence-corrected chi connectivity index (χ1v) is 2.60. The Hall–Kier alpha value is 0.114. The molecule has 0 amide bonds. The molecule has 0 aliphatic carbocycles. The molecular formula is C2H12N2O4SV. The smallest absolute Gasteiger partial charge is 0.344 e. The minimum absolute atomic E-state index is 0. The molecule has 8 heteroatoms. The van der Waals surface area contributed by atoms with Gasteiger partial charge in [-0.15, -0.1) is 13.2 Å². The molecule has 0 fully saturated rings. The topological polar surface area (TPSA) is 145 Å². The molecule has 0 aromatic rings. The maximum atomic E-state index is 8.74. The van der Waals surface area contributed by atoms with Crippen LogP contribution in [0.3, 0.4) is 0 Å². The van der Waals surface area contributed by atoms with Gasteiger partial charge in [-0.2, -0.15) is 8.42 Å². The van der Waals surface area contributed by atoms with Gasteiger partial charge in [0.25, 0.3) is 0 Å². The zero-order valence-electron chi connectivity index (χ0n) is 5.39. The number of hydrogen-bond donors (Lipinski definition) is 4. The number of hydrogen-bond acceptors (Lipinski definition) is 4. The van der Waals surface area contributed by atoms with Crippen LogP contribution in [0.4, 0.5) is 0 Å². The summed E-state index contributed by atoms with van der Waals surface area (Å²) in [7, 11) is -4.67. The van der Waals surface area contributed by atoms with E-state index in [1.54, 1.807) is 0 Å². The fraction of sp³-hybridized carbons (Fsp3) is 0. The first kappa shape index (κ1) is 32.1. The van der Waals surface area contributed by atoms with Crippen LogP contribution in [-0.4, -0.2) is 17.5 Å². The summed E-state index contributed by atoms with van der Waals surface area (Å²) < 4.78 is 31.6. The fourth-order valence-corrected chi connectivity index (χ4v) is 0. The summed E-state index contributed by atoms with van der Waals surface area (Å²) in [5.74, 6) is 0. The molecule has 8 N–H and O–H groups in total. The molecule has 6 nitrogen and oxygen atoms in total. The molecule has 0 spiro atoms. The molecule has 0 bridgehead atoms. The van der Waals surface area contributed by atoms with E-state index in [-0.39, 0.29) is 30.9 Å². The van der Waals surface area contributed by atoms with E-state index in [1.807, 2.05) is 0 Å². The molecule has 0 atom stereocenters. The third-order valence-corrected chi connectivity index (χ3v) is 0. The van der Waals surface area contributed by atoms with Crippen molar-refractivity contribution in [1.82, 2.24) is 12.3 Å². The van der Waals surface area contributed by atoms with Gasteiger partial charge in [-0.25, -0.2) is 0 Å². The molecule has 0 aliphatic rings. The predicted molar refractivity (Wildman–Crippen MR) is 35.5 cm³/mol. The maximum absolute atomic E-state index is 8.74. The van der Waals surface area contributed by atoms with E-state index in [9.17, 15) is 0 Å². The summed E-state index contributed by atoms with van der Waals surface area (Å²) in [6.07, 6.45) is 0. The molecule has 0 aromatic carbocycles. The maximum Gasteiger partial charge on any atom is 0.394 e. The van der Waals surface area contributed by atoms with Crippen LogP contribution in [-0.2, 0) is 29.0 Å². The van der Waals surface area contributed by atoms with Gasteiger partial charge in [0.1, 0.15) is 0 Å². The second kappa shape index (κ2) is 16.1. The Morgan fingerprint density at radius 1 is 1.00 bits per heavy atom. The first-order chi connectivity index (χ1) is 3.00. The van der Waals surface area contributed by atoms with E-state index in [0.29, 0.717) is 0 Å². The summed E-state index contributed by atoms with van der Waals surface area (Å²) in [5.41, 5.74) is 0. The Morgan fingerprint density at radius 3 is 1.00 bits per heavy atom. The van der Waals surface area contributed by atoms with Crippen molar-refractivity contribution in [1.29, 1.82) is 0 Å². The van der Waals surface area contributed by atoms with Crippen molar-refractivity contribution in [3.63, 3.8) is 0 Å². The van der Waals surface area contributed by atoms with Gasteiger partial charge < -0.3 is 12.3 Å². The van der Waals surface area contributed by atoms with Gasteiger partial charge in [-0.3, -0.25) is 9.11 Å². The fourth-order valence-electron chi connectivity index (χ4n) is 0. The van der Waals surface area contributed by atoms with E-state index < -0.39 is 10.4 Å². The Bertz CT molecular complexity index is 115. The summed E-state index contributed by atoms with van der Waals surface area (Å²) in [6, 6.07) is 0. The van der Waals surface area contributed by atoms with Crippen LogP contribution in [0.15, 0.2) is 13.2 Å². The quantitative estimate of drug-likeness (QED) is 0.338. The van der Waals surface area contributed by atoms with Crippen LogP contribution in [0.25, 0.3) is 0 Å². The number of rotatable bonds is 0. The van der Waals surface area contributed by atoms with Gasteiger partial charge in [-0.05, 0) is 0 Å². The second-order valence-corrected chi connectivity index (χ2v) is 1.34. The van der Waals surface area contributed by atoms with Crippen molar-refractivity contribution in [3.8, 4) is 0 Å². The standard InChI is InChI=1S/C2H4.2H3N.H2O4S.V/c1-2;;;1-5(2,3)4;/h1-2H2;2*1H3;(H2,1,2,3,4);. The third-order valence-electron chi connectivity index (χ3n) is 0. The van der Waals surface area contributed by atoms with Crippen LogP contribution in [0.1, 0.15) is 0 Å². The van der Waals surface area contributed by atoms with E-state index in [1.165, 1.54) is 0 Å². The molecule has 0 unspecified atom stereocenters. The zero-order valence-corrected chi connectivity index (χ0v) is 7.61. The molecule has 0 saturated heterocycles. The van der Waals surface area contributed by atoms with Gasteiger partial charge in [-0.1, -0.05) is 0 Å². The van der Waals surface area contributed by atoms with Crippen molar-refractivity contribution < 1.29 is 36.1 Å². The molecule has 0 saturated carbocycles. The van der Waals surface area contributed by atoms with E-state index in [0.717, 1.165) is 0 Å². The SMILES string of the molecule is C=C.N.N.O=S(=O)(O)O.[V]. The molecule has 10 heavy (non-hydrogen) atoms. The molecule has 0 heterocycles. The van der Waals surface area contributed by atoms with Crippen molar-refractivity contribution in [3.05, 3.63) is 13.2 Å². The average Bonchev–Trinajstić information content (AvgIpc) is 1.36. The molecule has 1 radical (unpaired) electrons. The van der Waals surface area contributed by atoms with Crippen LogP contribution in [0.5, 0.6) is 0 Å². The van der Waals surface area contributed by atoms with Gasteiger partial charge in [0.2, 0.25) is 0 Å². The average molecular weight is 211 g/mol. The molecule has 0 aromatic heterocycles. The molecule has 0 rings (SSSR count). The van der Waals surface area contributed by atoms with Crippen molar-refractivity contribution >= 4 is 10.4 Å². The summed E-state index contributed by atoms with van der Waals surface area (Å²) in [4.78, 5) is 0. The second-order valence-electron chi connectivity index (χ2n) is 0.448. The first-order valence-electron chi connectivity index (χ1n) is 1.20. The largest absolute Gasteiger partial charge is 0.394 e. The van der Waals surface area contributed by atoms with Gasteiger partial charge in [0.05, 0.1) is 0 Å². The van der Waals surface area contributed by atoms with Gasteiger partial charge in [0.15, 0.2) is 0 Å². The van der Waals surface area contributed by atoms with E-state index in [4.69, 9.17) is 17.5 Å². The molecular weight excluding hydrogens is 199 g/mol. The Balaban J connectivity index is -0.0000000154. The van der Waals surface area contributed by atoms with Crippen LogP contribution >= 0.6 is 0 Å². The van der Waals surface area contributed by atoms with Crippen LogP contribution in [0, 0.1) is 0 Å². The Kier molecular flexibility index (Phi) is 51.6. The normalized spacial score (nSPS) is 6.20. The zero-order chi connectivity index (χ0) is 6.50. The van der Waals surface area contributed by atoms with E-state index in [2.05, 4.69) is 13.2 Å². The van der Waals surface area contributed by atoms with Crippen LogP contribution in [0.2, 0.25) is 0 Å². The summed E-state index contributed by atoms with van der Waals surface area (Å²) >= 11 is 0. The third kappa shape index (κ3) is 31400. The van der Waals surface area contributed by atoms with Crippen LogP contribution < -0.4 is 12.3 Å². The van der Waals surface area contributed by atoms with Crippen molar-refractivity contribution in [2.75, 3.05) is 0 Å². The molecule has 65 valence electrons.